The van der Waals surface area contributed by atoms with Gasteiger partial charge in [-0.3, -0.25) is 4.79 Å². The first kappa shape index (κ1) is 12.6. The van der Waals surface area contributed by atoms with Crippen LogP contribution >= 0.6 is 23.2 Å². The summed E-state index contributed by atoms with van der Waals surface area (Å²) in [6.07, 6.45) is 3.77. The van der Waals surface area contributed by atoms with Gasteiger partial charge >= 0.3 is 0 Å². The van der Waals surface area contributed by atoms with Crippen LogP contribution in [0, 0.1) is 0 Å². The number of nitrogens with zero attached hydrogens (tertiary/aromatic N) is 1. The molecule has 1 aromatic rings. The zero-order valence-corrected chi connectivity index (χ0v) is 10.6. The quantitative estimate of drug-likeness (QED) is 0.902. The van der Waals surface area contributed by atoms with Crippen LogP contribution in [0.5, 0.6) is 0 Å². The molecule has 1 aromatic heterocycles. The summed E-state index contributed by atoms with van der Waals surface area (Å²) in [5.74, 6) is 0.203. The molecule has 1 aliphatic heterocycles. The van der Waals surface area contributed by atoms with Gasteiger partial charge in [0, 0.05) is 18.9 Å². The first-order valence-corrected chi connectivity index (χ1v) is 6.16. The largest absolute Gasteiger partial charge is 0.368 e. The summed E-state index contributed by atoms with van der Waals surface area (Å²) >= 11 is 11.6. The lowest BCUT2D eigenvalue weighted by Gasteiger charge is -2.21. The molecule has 1 amide bonds. The Balaban J connectivity index is 1.99. The van der Waals surface area contributed by atoms with Gasteiger partial charge in [0.1, 0.15) is 11.9 Å². The second-order valence-corrected chi connectivity index (χ2v) is 4.64. The molecule has 0 saturated carbocycles. The fourth-order valence-electron chi connectivity index (χ4n) is 1.64. The average Bonchev–Trinajstić information content (AvgIpc) is 2.35. The van der Waals surface area contributed by atoms with Crippen molar-refractivity contribution in [3.63, 3.8) is 0 Å². The number of halogens is 2. The fraction of sp³-hybridized carbons (Fsp3) is 0.455. The average molecular weight is 275 g/mol. The van der Waals surface area contributed by atoms with Crippen LogP contribution in [0.2, 0.25) is 10.0 Å². The number of pyridine rings is 1. The SMILES string of the molecule is O=C(Nc1cc(Cl)c(Cl)cn1)[C@@H]1CCCCO1. The van der Waals surface area contributed by atoms with Crippen molar-refractivity contribution in [2.24, 2.45) is 0 Å². The van der Waals surface area contributed by atoms with Gasteiger partial charge in [0.25, 0.3) is 5.91 Å². The van der Waals surface area contributed by atoms with E-state index in [9.17, 15) is 4.79 Å². The summed E-state index contributed by atoms with van der Waals surface area (Å²) in [5.41, 5.74) is 0. The number of nitrogens with one attached hydrogen (secondary N) is 1. The number of aromatic nitrogens is 1. The number of amides is 1. The molecular weight excluding hydrogens is 263 g/mol. The van der Waals surface area contributed by atoms with Crippen molar-refractivity contribution in [2.75, 3.05) is 11.9 Å². The second-order valence-electron chi connectivity index (χ2n) is 3.83. The maximum absolute atomic E-state index is 11.8. The predicted octanol–water partition coefficient (Wildman–Crippen LogP) is 2.90. The molecule has 0 aliphatic carbocycles. The zero-order valence-electron chi connectivity index (χ0n) is 9.08. The molecule has 4 nitrogen and oxygen atoms in total. The Morgan fingerprint density at radius 1 is 1.41 bits per heavy atom. The van der Waals surface area contributed by atoms with E-state index in [4.69, 9.17) is 27.9 Å². The Morgan fingerprint density at radius 2 is 2.24 bits per heavy atom. The maximum atomic E-state index is 11.8. The van der Waals surface area contributed by atoms with Crippen molar-refractivity contribution < 1.29 is 9.53 Å². The van der Waals surface area contributed by atoms with Crippen LogP contribution in [0.15, 0.2) is 12.3 Å². The van der Waals surface area contributed by atoms with Crippen molar-refractivity contribution in [3.8, 4) is 0 Å². The lowest BCUT2D eigenvalue weighted by Crippen LogP contribution is -2.33. The Kier molecular flexibility index (Phi) is 4.20. The molecule has 2 rings (SSSR count). The van der Waals surface area contributed by atoms with Crippen LogP contribution < -0.4 is 5.32 Å². The van der Waals surface area contributed by atoms with E-state index < -0.39 is 0 Å². The highest BCUT2D eigenvalue weighted by Gasteiger charge is 2.22. The van der Waals surface area contributed by atoms with Gasteiger partial charge in [-0.25, -0.2) is 4.98 Å². The highest BCUT2D eigenvalue weighted by Crippen LogP contribution is 2.23. The third kappa shape index (κ3) is 3.31. The lowest BCUT2D eigenvalue weighted by molar-refractivity contribution is -0.130. The summed E-state index contributed by atoms with van der Waals surface area (Å²) in [7, 11) is 0. The number of carbonyl (C=O) groups is 1. The number of ether oxygens (including phenoxy) is 1. The number of anilines is 1. The molecule has 0 unspecified atom stereocenters. The molecule has 0 radical (unpaired) electrons. The van der Waals surface area contributed by atoms with Gasteiger partial charge in [0.05, 0.1) is 10.0 Å². The second kappa shape index (κ2) is 5.67. The van der Waals surface area contributed by atoms with Gasteiger partial charge in [0.15, 0.2) is 0 Å². The van der Waals surface area contributed by atoms with Gasteiger partial charge in [-0.1, -0.05) is 23.2 Å². The molecule has 1 saturated heterocycles. The Bertz CT molecular complexity index is 420. The summed E-state index contributed by atoms with van der Waals surface area (Å²) in [4.78, 5) is 15.8. The lowest BCUT2D eigenvalue weighted by atomic mass is 10.1. The number of carbonyl (C=O) groups excluding carboxylic acids is 1. The van der Waals surface area contributed by atoms with Gasteiger partial charge < -0.3 is 10.1 Å². The van der Waals surface area contributed by atoms with Gasteiger partial charge in [0.2, 0.25) is 0 Å². The van der Waals surface area contributed by atoms with Crippen LogP contribution in [0.1, 0.15) is 19.3 Å². The van der Waals surface area contributed by atoms with Crippen molar-refractivity contribution in [1.29, 1.82) is 0 Å². The fourth-order valence-corrected chi connectivity index (χ4v) is 1.89. The van der Waals surface area contributed by atoms with Crippen LogP contribution in [-0.4, -0.2) is 23.6 Å². The number of hydrogen-bond donors (Lipinski definition) is 1. The third-order valence-corrected chi connectivity index (χ3v) is 3.24. The van der Waals surface area contributed by atoms with Crippen LogP contribution in [0.3, 0.4) is 0 Å². The van der Waals surface area contributed by atoms with Crippen LogP contribution in [0.25, 0.3) is 0 Å². The molecule has 0 bridgehead atoms. The Labute approximate surface area is 109 Å². The van der Waals surface area contributed by atoms with Gasteiger partial charge in [-0.2, -0.15) is 0 Å². The molecule has 1 aliphatic rings. The Hall–Kier alpha value is -0.840. The van der Waals surface area contributed by atoms with Crippen LogP contribution in [-0.2, 0) is 9.53 Å². The topological polar surface area (TPSA) is 51.2 Å². The highest BCUT2D eigenvalue weighted by atomic mass is 35.5. The molecule has 17 heavy (non-hydrogen) atoms. The molecule has 6 heteroatoms. The van der Waals surface area contributed by atoms with E-state index in [0.717, 1.165) is 19.3 Å². The third-order valence-electron chi connectivity index (χ3n) is 2.53. The summed E-state index contributed by atoms with van der Waals surface area (Å²) in [5, 5.41) is 3.38. The first-order chi connectivity index (χ1) is 8.16. The minimum absolute atomic E-state index is 0.185. The molecule has 1 fully saturated rings. The molecule has 2 heterocycles. The maximum Gasteiger partial charge on any atom is 0.254 e. The minimum Gasteiger partial charge on any atom is -0.368 e. The van der Waals surface area contributed by atoms with E-state index in [1.165, 1.54) is 12.3 Å². The standard InChI is InChI=1S/C11H12Cl2N2O2/c12-7-5-10(14-6-8(7)13)15-11(16)9-3-1-2-4-17-9/h5-6,9H,1-4H2,(H,14,15,16)/t9-/m0/s1. The van der Waals surface area contributed by atoms with Crippen molar-refractivity contribution >= 4 is 34.9 Å². The number of rotatable bonds is 2. The summed E-state index contributed by atoms with van der Waals surface area (Å²) < 4.78 is 5.37. The van der Waals surface area contributed by atoms with Crippen molar-refractivity contribution in [1.82, 2.24) is 4.98 Å². The van der Waals surface area contributed by atoms with E-state index in [-0.39, 0.29) is 12.0 Å². The Morgan fingerprint density at radius 3 is 2.88 bits per heavy atom. The summed E-state index contributed by atoms with van der Waals surface area (Å²) in [6.45, 7) is 0.632. The monoisotopic (exact) mass is 274 g/mol. The highest BCUT2D eigenvalue weighted by molar-refractivity contribution is 6.42. The molecule has 1 atom stereocenters. The van der Waals surface area contributed by atoms with Gasteiger partial charge in [-0.05, 0) is 19.3 Å². The zero-order chi connectivity index (χ0) is 12.3. The molecule has 92 valence electrons. The molecule has 0 aromatic carbocycles. The van der Waals surface area contributed by atoms with E-state index >= 15 is 0 Å². The minimum atomic E-state index is -0.389. The summed E-state index contributed by atoms with van der Waals surface area (Å²) in [6, 6.07) is 1.52. The number of hydrogen-bond acceptors (Lipinski definition) is 3. The predicted molar refractivity (Wildman–Crippen MR) is 66.5 cm³/mol. The van der Waals surface area contributed by atoms with Crippen molar-refractivity contribution in [3.05, 3.63) is 22.3 Å². The first-order valence-electron chi connectivity index (χ1n) is 5.40. The van der Waals surface area contributed by atoms with Gasteiger partial charge in [-0.15, -0.1) is 0 Å². The molecular formula is C11H12Cl2N2O2. The van der Waals surface area contributed by atoms with E-state index in [0.29, 0.717) is 22.5 Å². The smallest absolute Gasteiger partial charge is 0.254 e. The van der Waals surface area contributed by atoms with E-state index in [1.807, 2.05) is 0 Å². The van der Waals surface area contributed by atoms with E-state index in [1.54, 1.807) is 0 Å². The molecule has 1 N–H and O–H groups in total. The van der Waals surface area contributed by atoms with Crippen LogP contribution in [0.4, 0.5) is 5.82 Å². The van der Waals surface area contributed by atoms with E-state index in [2.05, 4.69) is 10.3 Å². The normalized spacial score (nSPS) is 20.0. The van der Waals surface area contributed by atoms with Crippen molar-refractivity contribution in [2.45, 2.75) is 25.4 Å². The molecule has 0 spiro atoms.